The van der Waals surface area contributed by atoms with Gasteiger partial charge in [-0.2, -0.15) is 0 Å². The number of nitrogens with zero attached hydrogens (tertiary/aromatic N) is 1. The van der Waals surface area contributed by atoms with Gasteiger partial charge in [-0.15, -0.1) is 0 Å². The molecule has 3 atom stereocenters. The second-order valence-electron chi connectivity index (χ2n) is 8.72. The van der Waals surface area contributed by atoms with Crippen LogP contribution >= 0.6 is 0 Å². The minimum absolute atomic E-state index is 0.0427. The van der Waals surface area contributed by atoms with Crippen LogP contribution in [0.25, 0.3) is 21.5 Å². The van der Waals surface area contributed by atoms with Gasteiger partial charge in [0.1, 0.15) is 0 Å². The predicted octanol–water partition coefficient (Wildman–Crippen LogP) is 6.98. The first-order valence-electron chi connectivity index (χ1n) is 10.3. The van der Waals surface area contributed by atoms with Crippen LogP contribution in [0.1, 0.15) is 53.0 Å². The van der Waals surface area contributed by atoms with E-state index in [4.69, 9.17) is 4.99 Å². The number of benzene rings is 3. The Balaban J connectivity index is 2.08. The Morgan fingerprint density at radius 1 is 0.963 bits per heavy atom. The van der Waals surface area contributed by atoms with Gasteiger partial charge in [0.2, 0.25) is 0 Å². The Morgan fingerprint density at radius 2 is 1.67 bits per heavy atom. The Morgan fingerprint density at radius 3 is 2.37 bits per heavy atom. The summed E-state index contributed by atoms with van der Waals surface area (Å²) in [6.07, 6.45) is 2.19. The SMILES string of the molecule is CCC1C(C)=Nc2c3c4c(cccc4c4ccccc24)C(C)(CC)C1(C)N3. The van der Waals surface area contributed by atoms with E-state index in [0.29, 0.717) is 5.92 Å². The highest BCUT2D eigenvalue weighted by molar-refractivity contribution is 6.22. The molecule has 0 spiro atoms. The molecule has 1 N–H and O–H groups in total. The van der Waals surface area contributed by atoms with Crippen LogP contribution in [0.5, 0.6) is 0 Å². The number of anilines is 1. The maximum Gasteiger partial charge on any atom is 0.0945 e. The zero-order chi connectivity index (χ0) is 19.0. The second kappa shape index (κ2) is 5.34. The van der Waals surface area contributed by atoms with Crippen LogP contribution in [0.2, 0.25) is 0 Å². The third-order valence-corrected chi connectivity index (χ3v) is 7.75. The van der Waals surface area contributed by atoms with Gasteiger partial charge in [-0.1, -0.05) is 63.2 Å². The normalized spacial score (nSPS) is 28.9. The molecule has 0 radical (unpaired) electrons. The van der Waals surface area contributed by atoms with Crippen molar-refractivity contribution in [3.8, 4) is 0 Å². The molecule has 27 heavy (non-hydrogen) atoms. The number of hydrogen-bond donors (Lipinski definition) is 1. The molecule has 138 valence electrons. The standard InChI is InChI=1S/C25H28N2/c1-6-19-15(3)26-22-18-12-9-8-11-16(18)17-13-10-14-20-21(17)23(22)27-25(19,5)24(20,4)7-2/h8-14,19,27H,6-7H2,1-5H3. The highest BCUT2D eigenvalue weighted by Gasteiger charge is 2.54. The molecule has 0 amide bonds. The molecular formula is C25H28N2. The summed E-state index contributed by atoms with van der Waals surface area (Å²) in [5, 5.41) is 9.35. The van der Waals surface area contributed by atoms with Gasteiger partial charge in [-0.25, -0.2) is 0 Å². The van der Waals surface area contributed by atoms with E-state index in [1.165, 1.54) is 38.5 Å². The van der Waals surface area contributed by atoms with E-state index < -0.39 is 0 Å². The number of aliphatic imine (C=N–C) groups is 1. The molecule has 2 heteroatoms. The van der Waals surface area contributed by atoms with Crippen LogP contribution in [0.3, 0.4) is 0 Å². The van der Waals surface area contributed by atoms with Crippen LogP contribution in [0, 0.1) is 5.92 Å². The number of rotatable bonds is 2. The van der Waals surface area contributed by atoms with Gasteiger partial charge >= 0.3 is 0 Å². The summed E-state index contributed by atoms with van der Waals surface area (Å²) < 4.78 is 0. The van der Waals surface area contributed by atoms with Gasteiger partial charge in [0.15, 0.2) is 0 Å². The minimum Gasteiger partial charge on any atom is -0.376 e. The van der Waals surface area contributed by atoms with Crippen LogP contribution in [0.15, 0.2) is 47.5 Å². The monoisotopic (exact) mass is 356 g/mol. The molecule has 0 saturated heterocycles. The smallest absolute Gasteiger partial charge is 0.0945 e. The zero-order valence-electron chi connectivity index (χ0n) is 17.0. The molecule has 0 saturated carbocycles. The zero-order valence-corrected chi connectivity index (χ0v) is 17.0. The summed E-state index contributed by atoms with van der Waals surface area (Å²) in [6.45, 7) is 11.7. The molecule has 2 aliphatic heterocycles. The average molecular weight is 357 g/mol. The van der Waals surface area contributed by atoms with Crippen molar-refractivity contribution in [1.82, 2.24) is 0 Å². The number of nitrogens with one attached hydrogen (secondary N) is 1. The predicted molar refractivity (Wildman–Crippen MR) is 118 cm³/mol. The van der Waals surface area contributed by atoms with Crippen LogP contribution in [-0.4, -0.2) is 11.3 Å². The van der Waals surface area contributed by atoms with Gasteiger partial charge in [-0.3, -0.25) is 4.99 Å². The first kappa shape index (κ1) is 16.8. The van der Waals surface area contributed by atoms with Gasteiger partial charge < -0.3 is 5.32 Å². The first-order valence-corrected chi connectivity index (χ1v) is 10.3. The Kier molecular flexibility index (Phi) is 3.32. The summed E-state index contributed by atoms with van der Waals surface area (Å²) in [5.74, 6) is 0.400. The molecule has 2 heterocycles. The largest absolute Gasteiger partial charge is 0.376 e. The maximum atomic E-state index is 5.25. The number of hydrogen-bond acceptors (Lipinski definition) is 2. The lowest BCUT2D eigenvalue weighted by Crippen LogP contribution is -2.60. The van der Waals surface area contributed by atoms with E-state index in [0.717, 1.165) is 18.5 Å². The molecule has 0 aliphatic carbocycles. The van der Waals surface area contributed by atoms with Crippen LogP contribution in [-0.2, 0) is 5.41 Å². The summed E-state index contributed by atoms with van der Waals surface area (Å²) >= 11 is 0. The lowest BCUT2D eigenvalue weighted by Gasteiger charge is -2.54. The van der Waals surface area contributed by atoms with Crippen molar-refractivity contribution >= 4 is 38.6 Å². The molecule has 0 aromatic heterocycles. The van der Waals surface area contributed by atoms with Gasteiger partial charge in [-0.05, 0) is 43.0 Å². The third-order valence-electron chi connectivity index (χ3n) is 7.75. The van der Waals surface area contributed by atoms with Crippen molar-refractivity contribution in [2.75, 3.05) is 5.32 Å². The first-order chi connectivity index (χ1) is 13.0. The van der Waals surface area contributed by atoms with E-state index in [9.17, 15) is 0 Å². The Labute approximate surface area is 161 Å². The van der Waals surface area contributed by atoms with Gasteiger partial charge in [0, 0.05) is 27.8 Å². The minimum atomic E-state index is -0.0565. The fraction of sp³-hybridized carbons (Fsp3) is 0.400. The molecule has 2 bridgehead atoms. The molecule has 0 fully saturated rings. The van der Waals surface area contributed by atoms with E-state index in [1.54, 1.807) is 0 Å². The summed E-state index contributed by atoms with van der Waals surface area (Å²) in [4.78, 5) is 5.25. The third kappa shape index (κ3) is 1.84. The number of fused-ring (bicyclic) bond motifs is 4. The fourth-order valence-electron chi connectivity index (χ4n) is 6.00. The van der Waals surface area contributed by atoms with Gasteiger partial charge in [0.25, 0.3) is 0 Å². The molecule has 2 nitrogen and oxygen atoms in total. The second-order valence-corrected chi connectivity index (χ2v) is 8.72. The van der Waals surface area contributed by atoms with Crippen molar-refractivity contribution in [2.45, 2.75) is 58.4 Å². The molecule has 3 aromatic carbocycles. The van der Waals surface area contributed by atoms with Crippen molar-refractivity contribution in [3.63, 3.8) is 0 Å². The lowest BCUT2D eigenvalue weighted by molar-refractivity contribution is 0.218. The van der Waals surface area contributed by atoms with E-state index in [-0.39, 0.29) is 11.0 Å². The van der Waals surface area contributed by atoms with Crippen molar-refractivity contribution in [3.05, 3.63) is 48.0 Å². The fourth-order valence-corrected chi connectivity index (χ4v) is 6.00. The highest BCUT2D eigenvalue weighted by Crippen LogP contribution is 2.58. The lowest BCUT2D eigenvalue weighted by atomic mass is 9.57. The quantitative estimate of drug-likeness (QED) is 0.492. The average Bonchev–Trinajstić information content (AvgIpc) is 2.79. The summed E-state index contributed by atoms with van der Waals surface area (Å²) in [7, 11) is 0. The molecule has 2 aliphatic rings. The van der Waals surface area contributed by atoms with E-state index in [2.05, 4.69) is 82.4 Å². The Bertz CT molecular complexity index is 1130. The van der Waals surface area contributed by atoms with Crippen LogP contribution in [0.4, 0.5) is 11.4 Å². The Hall–Kier alpha value is -2.35. The summed E-state index contributed by atoms with van der Waals surface area (Å²) in [6, 6.07) is 15.6. The topological polar surface area (TPSA) is 24.4 Å². The van der Waals surface area contributed by atoms with Crippen molar-refractivity contribution in [1.29, 1.82) is 0 Å². The van der Waals surface area contributed by atoms with Gasteiger partial charge in [0.05, 0.1) is 16.9 Å². The van der Waals surface area contributed by atoms with Crippen molar-refractivity contribution < 1.29 is 0 Å². The summed E-state index contributed by atoms with van der Waals surface area (Å²) in [5.41, 5.74) is 5.09. The maximum absolute atomic E-state index is 5.25. The highest BCUT2D eigenvalue weighted by atomic mass is 15.1. The van der Waals surface area contributed by atoms with Crippen LogP contribution < -0.4 is 5.32 Å². The van der Waals surface area contributed by atoms with Crippen molar-refractivity contribution in [2.24, 2.45) is 10.9 Å². The molecule has 3 aromatic rings. The van der Waals surface area contributed by atoms with E-state index in [1.807, 2.05) is 0 Å². The molecule has 3 unspecified atom stereocenters. The molecular weight excluding hydrogens is 328 g/mol. The van der Waals surface area contributed by atoms with E-state index >= 15 is 0 Å². The molecule has 5 rings (SSSR count).